The number of pyridine rings is 1. The average molecular weight is 405 g/mol. The van der Waals surface area contributed by atoms with Gasteiger partial charge < -0.3 is 15.2 Å². The number of benzene rings is 1. The number of nitrogens with zero attached hydrogens (tertiary/aromatic N) is 1. The molecular weight excluding hydrogens is 380 g/mol. The van der Waals surface area contributed by atoms with Crippen LogP contribution in [0.2, 0.25) is 5.15 Å². The van der Waals surface area contributed by atoms with Crippen LogP contribution in [0.25, 0.3) is 10.8 Å². The second-order valence-electron chi connectivity index (χ2n) is 8.01. The highest BCUT2D eigenvalue weighted by molar-refractivity contribution is 6.30. The first-order valence-corrected chi connectivity index (χ1v) is 9.85. The number of carbonyl (C=O) groups excluding carboxylic acids is 1. The van der Waals surface area contributed by atoms with E-state index in [0.29, 0.717) is 40.8 Å². The molecular formula is C21H25ClN2O4. The summed E-state index contributed by atoms with van der Waals surface area (Å²) in [6, 6.07) is 4.06. The van der Waals surface area contributed by atoms with Crippen molar-refractivity contribution in [3.63, 3.8) is 0 Å². The van der Waals surface area contributed by atoms with Crippen molar-refractivity contribution >= 4 is 34.2 Å². The van der Waals surface area contributed by atoms with E-state index in [4.69, 9.17) is 16.3 Å². The maximum atomic E-state index is 13.0. The van der Waals surface area contributed by atoms with Gasteiger partial charge in [-0.2, -0.15) is 0 Å². The van der Waals surface area contributed by atoms with Crippen LogP contribution >= 0.6 is 11.6 Å². The molecule has 1 atom stereocenters. The van der Waals surface area contributed by atoms with E-state index in [2.05, 4.69) is 10.3 Å². The van der Waals surface area contributed by atoms with Crippen LogP contribution in [0.3, 0.4) is 0 Å². The van der Waals surface area contributed by atoms with Crippen LogP contribution in [0.1, 0.15) is 50.4 Å². The number of fused-ring (bicyclic) bond motifs is 1. The molecule has 3 rings (SSSR count). The van der Waals surface area contributed by atoms with Crippen LogP contribution < -0.4 is 10.1 Å². The van der Waals surface area contributed by atoms with E-state index in [1.807, 2.05) is 20.8 Å². The number of ether oxygens (including phenoxy) is 1. The molecule has 2 N–H and O–H groups in total. The molecule has 1 heterocycles. The molecule has 28 heavy (non-hydrogen) atoms. The molecule has 0 radical (unpaired) electrons. The van der Waals surface area contributed by atoms with Gasteiger partial charge in [-0.25, -0.2) is 9.78 Å². The lowest BCUT2D eigenvalue weighted by atomic mass is 9.81. The Morgan fingerprint density at radius 2 is 2.11 bits per heavy atom. The molecule has 1 aromatic carbocycles. The van der Waals surface area contributed by atoms with Gasteiger partial charge in [-0.15, -0.1) is 0 Å². The maximum absolute atomic E-state index is 13.0. The molecule has 1 amide bonds. The molecule has 2 aromatic rings. The van der Waals surface area contributed by atoms with Crippen LogP contribution in [0.15, 0.2) is 24.4 Å². The third kappa shape index (κ3) is 4.38. The number of aliphatic carboxylic acids is 1. The number of carbonyl (C=O) groups is 2. The minimum atomic E-state index is -1.06. The number of nitrogens with one attached hydrogen (secondary N) is 1. The Balaban J connectivity index is 1.98. The fourth-order valence-corrected chi connectivity index (χ4v) is 3.15. The lowest BCUT2D eigenvalue weighted by Crippen LogP contribution is -2.50. The molecule has 1 unspecified atom stereocenters. The van der Waals surface area contributed by atoms with E-state index in [1.165, 1.54) is 0 Å². The summed E-state index contributed by atoms with van der Waals surface area (Å²) >= 11 is 6.06. The van der Waals surface area contributed by atoms with E-state index in [-0.39, 0.29) is 0 Å². The Morgan fingerprint density at radius 1 is 1.39 bits per heavy atom. The lowest BCUT2D eigenvalue weighted by molar-refractivity contribution is -0.142. The summed E-state index contributed by atoms with van der Waals surface area (Å²) in [4.78, 5) is 28.9. The summed E-state index contributed by atoms with van der Waals surface area (Å²) < 4.78 is 6.01. The molecule has 1 aromatic heterocycles. The number of hydrogen-bond acceptors (Lipinski definition) is 4. The first-order valence-electron chi connectivity index (χ1n) is 9.47. The lowest BCUT2D eigenvalue weighted by Gasteiger charge is -2.31. The largest absolute Gasteiger partial charge is 0.492 e. The zero-order valence-corrected chi connectivity index (χ0v) is 17.0. The number of halogens is 1. The highest BCUT2D eigenvalue weighted by Gasteiger charge is 2.36. The quantitative estimate of drug-likeness (QED) is 0.640. The number of aromatic nitrogens is 1. The van der Waals surface area contributed by atoms with Gasteiger partial charge in [0.25, 0.3) is 5.91 Å². The fraction of sp³-hybridized carbons (Fsp3) is 0.476. The molecule has 1 saturated carbocycles. The SMILES string of the molecule is CCC(C)(C)C(NC(=O)c1ccc2cnc(Cl)cc2c1OCC1CC1)C(=O)O. The number of carboxylic acids is 1. The normalized spacial score (nSPS) is 15.3. The van der Waals surface area contributed by atoms with Crippen molar-refractivity contribution in [3.05, 3.63) is 35.1 Å². The minimum Gasteiger partial charge on any atom is -0.492 e. The van der Waals surface area contributed by atoms with Gasteiger partial charge in [0.15, 0.2) is 0 Å². The molecule has 0 saturated heterocycles. The minimum absolute atomic E-state index is 0.300. The number of rotatable bonds is 8. The second-order valence-corrected chi connectivity index (χ2v) is 8.40. The van der Waals surface area contributed by atoms with Crippen molar-refractivity contribution < 1.29 is 19.4 Å². The van der Waals surface area contributed by atoms with Gasteiger partial charge in [-0.05, 0) is 42.7 Å². The van der Waals surface area contributed by atoms with Gasteiger partial charge in [-0.3, -0.25) is 4.79 Å². The van der Waals surface area contributed by atoms with Crippen molar-refractivity contribution in [3.8, 4) is 5.75 Å². The van der Waals surface area contributed by atoms with Crippen molar-refractivity contribution in [1.82, 2.24) is 10.3 Å². The van der Waals surface area contributed by atoms with Crippen LogP contribution in [0.5, 0.6) is 5.75 Å². The zero-order valence-electron chi connectivity index (χ0n) is 16.3. The summed E-state index contributed by atoms with van der Waals surface area (Å²) in [5.74, 6) is -0.623. The molecule has 1 aliphatic rings. The first kappa shape index (κ1) is 20.4. The fourth-order valence-electron chi connectivity index (χ4n) is 2.99. The molecule has 0 spiro atoms. The third-order valence-electron chi connectivity index (χ3n) is 5.44. The molecule has 1 aliphatic carbocycles. The Kier molecular flexibility index (Phi) is 5.79. The maximum Gasteiger partial charge on any atom is 0.326 e. The summed E-state index contributed by atoms with van der Waals surface area (Å²) in [5, 5.41) is 14.1. The van der Waals surface area contributed by atoms with Crippen LogP contribution in [0.4, 0.5) is 0 Å². The topological polar surface area (TPSA) is 88.5 Å². The van der Waals surface area contributed by atoms with Crippen molar-refractivity contribution in [1.29, 1.82) is 0 Å². The van der Waals surface area contributed by atoms with Gasteiger partial charge >= 0.3 is 5.97 Å². The van der Waals surface area contributed by atoms with E-state index in [0.717, 1.165) is 18.2 Å². The van der Waals surface area contributed by atoms with E-state index >= 15 is 0 Å². The monoisotopic (exact) mass is 404 g/mol. The smallest absolute Gasteiger partial charge is 0.326 e. The van der Waals surface area contributed by atoms with E-state index in [9.17, 15) is 14.7 Å². The average Bonchev–Trinajstić information content (AvgIpc) is 3.47. The van der Waals surface area contributed by atoms with E-state index in [1.54, 1.807) is 24.4 Å². The van der Waals surface area contributed by atoms with Gasteiger partial charge in [-0.1, -0.05) is 38.4 Å². The van der Waals surface area contributed by atoms with Gasteiger partial charge in [0.2, 0.25) is 0 Å². The van der Waals surface area contributed by atoms with Gasteiger partial charge in [0.05, 0.1) is 12.2 Å². The first-order chi connectivity index (χ1) is 13.2. The van der Waals surface area contributed by atoms with E-state index < -0.39 is 23.3 Å². The van der Waals surface area contributed by atoms with Crippen molar-refractivity contribution in [2.24, 2.45) is 11.3 Å². The van der Waals surface area contributed by atoms with Crippen molar-refractivity contribution in [2.75, 3.05) is 6.61 Å². The third-order valence-corrected chi connectivity index (χ3v) is 5.65. The summed E-state index contributed by atoms with van der Waals surface area (Å²) in [7, 11) is 0. The highest BCUT2D eigenvalue weighted by atomic mass is 35.5. The van der Waals surface area contributed by atoms with Crippen molar-refractivity contribution in [2.45, 2.75) is 46.1 Å². The number of amides is 1. The van der Waals surface area contributed by atoms with Gasteiger partial charge in [0, 0.05) is 17.0 Å². The Labute approximate surface area is 169 Å². The van der Waals surface area contributed by atoms with Crippen LogP contribution in [-0.4, -0.2) is 34.6 Å². The summed E-state index contributed by atoms with van der Waals surface area (Å²) in [6.07, 6.45) is 4.46. The number of hydrogen-bond donors (Lipinski definition) is 2. The molecule has 1 fully saturated rings. The predicted octanol–water partition coefficient (Wildman–Crippen LogP) is 4.30. The highest BCUT2D eigenvalue weighted by Crippen LogP contribution is 2.35. The summed E-state index contributed by atoms with van der Waals surface area (Å²) in [5.41, 5.74) is -0.297. The molecule has 0 bridgehead atoms. The molecule has 7 heteroatoms. The standard InChI is InChI=1S/C21H25ClN2O4/c1-4-21(2,3)18(20(26)27)24-19(25)14-8-7-13-10-23-16(22)9-15(13)17(14)28-11-12-5-6-12/h7-10,12,18H,4-6,11H2,1-3H3,(H,24,25)(H,26,27). The summed E-state index contributed by atoms with van der Waals surface area (Å²) in [6.45, 7) is 6.06. The predicted molar refractivity (Wildman–Crippen MR) is 108 cm³/mol. The Hall–Kier alpha value is -2.34. The molecule has 0 aliphatic heterocycles. The second kappa shape index (κ2) is 7.95. The Morgan fingerprint density at radius 3 is 2.71 bits per heavy atom. The molecule has 150 valence electrons. The van der Waals surface area contributed by atoms with Crippen LogP contribution in [-0.2, 0) is 4.79 Å². The van der Waals surface area contributed by atoms with Gasteiger partial charge in [0.1, 0.15) is 16.9 Å². The Bertz CT molecular complexity index is 909. The zero-order chi connectivity index (χ0) is 20.5. The number of carboxylic acid groups (broad SMARTS) is 1. The molecule has 6 nitrogen and oxygen atoms in total. The van der Waals surface area contributed by atoms with Crippen LogP contribution in [0, 0.1) is 11.3 Å².